The van der Waals surface area contributed by atoms with Crippen molar-refractivity contribution in [3.05, 3.63) is 0 Å². The van der Waals surface area contributed by atoms with Crippen molar-refractivity contribution in [2.24, 2.45) is 11.8 Å². The first-order chi connectivity index (χ1) is 7.17. The van der Waals surface area contributed by atoms with E-state index in [2.05, 4.69) is 11.8 Å². The van der Waals surface area contributed by atoms with Crippen molar-refractivity contribution < 1.29 is 9.53 Å². The lowest BCUT2D eigenvalue weighted by Gasteiger charge is -2.16. The van der Waals surface area contributed by atoms with Crippen molar-refractivity contribution >= 4 is 5.97 Å². The maximum atomic E-state index is 11.3. The predicted molar refractivity (Wildman–Crippen MR) is 60.6 cm³/mol. The van der Waals surface area contributed by atoms with E-state index in [1.54, 1.807) is 0 Å². The number of nitrogens with zero attached hydrogens (tertiary/aromatic N) is 1. The highest BCUT2D eigenvalue weighted by molar-refractivity contribution is 5.71. The molecule has 0 aliphatic carbocycles. The zero-order chi connectivity index (χ0) is 11.3. The molecule has 3 nitrogen and oxygen atoms in total. The van der Waals surface area contributed by atoms with E-state index in [0.29, 0.717) is 5.92 Å². The fraction of sp³-hybridized carbons (Fsp3) is 0.917. The van der Waals surface area contributed by atoms with Gasteiger partial charge in [-0.3, -0.25) is 4.79 Å². The smallest absolute Gasteiger partial charge is 0.308 e. The highest BCUT2D eigenvalue weighted by Gasteiger charge is 2.25. The summed E-state index contributed by atoms with van der Waals surface area (Å²) in [5.41, 5.74) is 0. The average Bonchev–Trinajstić information content (AvgIpc) is 2.65. The van der Waals surface area contributed by atoms with Gasteiger partial charge in [-0.2, -0.15) is 0 Å². The maximum Gasteiger partial charge on any atom is 0.308 e. The summed E-state index contributed by atoms with van der Waals surface area (Å²) >= 11 is 0. The number of hydrogen-bond acceptors (Lipinski definition) is 3. The molecule has 0 spiro atoms. The Morgan fingerprint density at radius 1 is 1.60 bits per heavy atom. The molecule has 88 valence electrons. The topological polar surface area (TPSA) is 29.5 Å². The number of likely N-dealkylation sites (tertiary alicyclic amines) is 1. The Hall–Kier alpha value is -0.570. The van der Waals surface area contributed by atoms with Crippen LogP contribution in [0.1, 0.15) is 33.1 Å². The first-order valence-corrected chi connectivity index (χ1v) is 5.97. The SMILES string of the molecule is CCCN1CCC(CC(C)C(=O)OC)C1. The van der Waals surface area contributed by atoms with Gasteiger partial charge in [0.2, 0.25) is 0 Å². The van der Waals surface area contributed by atoms with Crippen molar-refractivity contribution in [3.8, 4) is 0 Å². The van der Waals surface area contributed by atoms with Gasteiger partial charge in [0, 0.05) is 6.54 Å². The van der Waals surface area contributed by atoms with Crippen LogP contribution >= 0.6 is 0 Å². The van der Waals surface area contributed by atoms with E-state index in [1.807, 2.05) is 6.92 Å². The van der Waals surface area contributed by atoms with Crippen molar-refractivity contribution in [3.63, 3.8) is 0 Å². The fourth-order valence-electron chi connectivity index (χ4n) is 2.42. The molecule has 0 aromatic carbocycles. The van der Waals surface area contributed by atoms with Crippen LogP contribution in [0.3, 0.4) is 0 Å². The molecule has 1 fully saturated rings. The standard InChI is InChI=1S/C12H23NO2/c1-4-6-13-7-5-11(9-13)8-10(2)12(14)15-3/h10-11H,4-9H2,1-3H3. The second kappa shape index (κ2) is 6.11. The van der Waals surface area contributed by atoms with Gasteiger partial charge in [0.15, 0.2) is 0 Å². The third-order valence-corrected chi connectivity index (χ3v) is 3.20. The lowest BCUT2D eigenvalue weighted by Crippen LogP contribution is -2.23. The van der Waals surface area contributed by atoms with E-state index < -0.39 is 0 Å². The Balaban J connectivity index is 2.26. The van der Waals surface area contributed by atoms with Crippen LogP contribution in [-0.2, 0) is 9.53 Å². The first-order valence-electron chi connectivity index (χ1n) is 5.97. The molecule has 1 aliphatic rings. The first kappa shape index (κ1) is 12.5. The number of esters is 1. The molecular weight excluding hydrogens is 190 g/mol. The number of rotatable bonds is 5. The fourth-order valence-corrected chi connectivity index (χ4v) is 2.42. The van der Waals surface area contributed by atoms with Crippen LogP contribution in [0.15, 0.2) is 0 Å². The molecule has 0 aromatic heterocycles. The molecule has 3 heteroatoms. The highest BCUT2D eigenvalue weighted by Crippen LogP contribution is 2.23. The van der Waals surface area contributed by atoms with E-state index in [9.17, 15) is 4.79 Å². The molecule has 0 amide bonds. The van der Waals surface area contributed by atoms with Gasteiger partial charge in [0.1, 0.15) is 0 Å². The molecule has 0 N–H and O–H groups in total. The molecular formula is C12H23NO2. The Kier molecular flexibility index (Phi) is 5.09. The van der Waals surface area contributed by atoms with E-state index >= 15 is 0 Å². The second-order valence-corrected chi connectivity index (χ2v) is 4.62. The zero-order valence-electron chi connectivity index (χ0n) is 10.2. The van der Waals surface area contributed by atoms with Crippen LogP contribution in [0.4, 0.5) is 0 Å². The Morgan fingerprint density at radius 3 is 2.93 bits per heavy atom. The van der Waals surface area contributed by atoms with Crippen LogP contribution < -0.4 is 0 Å². The maximum absolute atomic E-state index is 11.3. The highest BCUT2D eigenvalue weighted by atomic mass is 16.5. The number of methoxy groups -OCH3 is 1. The molecule has 2 atom stereocenters. The van der Waals surface area contributed by atoms with E-state index in [1.165, 1.54) is 33.0 Å². The summed E-state index contributed by atoms with van der Waals surface area (Å²) < 4.78 is 4.74. The summed E-state index contributed by atoms with van der Waals surface area (Å²) in [7, 11) is 1.47. The molecule has 0 radical (unpaired) electrons. The molecule has 0 bridgehead atoms. The van der Waals surface area contributed by atoms with Crippen molar-refractivity contribution in [1.82, 2.24) is 4.90 Å². The summed E-state index contributed by atoms with van der Waals surface area (Å²) in [6, 6.07) is 0. The van der Waals surface area contributed by atoms with E-state index in [4.69, 9.17) is 4.74 Å². The zero-order valence-corrected chi connectivity index (χ0v) is 10.2. The van der Waals surface area contributed by atoms with Crippen molar-refractivity contribution in [2.75, 3.05) is 26.7 Å². The summed E-state index contributed by atoms with van der Waals surface area (Å²) in [4.78, 5) is 13.8. The minimum absolute atomic E-state index is 0.0570. The lowest BCUT2D eigenvalue weighted by atomic mass is 9.95. The molecule has 0 aromatic rings. The van der Waals surface area contributed by atoms with Crippen molar-refractivity contribution in [2.45, 2.75) is 33.1 Å². The van der Waals surface area contributed by atoms with Crippen LogP contribution in [0, 0.1) is 11.8 Å². The number of carbonyl (C=O) groups is 1. The van der Waals surface area contributed by atoms with Gasteiger partial charge in [-0.15, -0.1) is 0 Å². The van der Waals surface area contributed by atoms with Gasteiger partial charge in [0.05, 0.1) is 13.0 Å². The minimum Gasteiger partial charge on any atom is -0.469 e. The Bertz CT molecular complexity index is 206. The average molecular weight is 213 g/mol. The van der Waals surface area contributed by atoms with Crippen LogP contribution in [0.2, 0.25) is 0 Å². The Morgan fingerprint density at radius 2 is 2.33 bits per heavy atom. The third kappa shape index (κ3) is 3.82. The van der Waals surface area contributed by atoms with Gasteiger partial charge >= 0.3 is 5.97 Å². The van der Waals surface area contributed by atoms with Crippen LogP contribution in [0.25, 0.3) is 0 Å². The quantitative estimate of drug-likeness (QED) is 0.653. The van der Waals surface area contributed by atoms with Gasteiger partial charge in [-0.25, -0.2) is 0 Å². The summed E-state index contributed by atoms with van der Waals surface area (Å²) in [5.74, 6) is 0.677. The van der Waals surface area contributed by atoms with Gasteiger partial charge in [-0.05, 0) is 38.3 Å². The van der Waals surface area contributed by atoms with Crippen LogP contribution in [0.5, 0.6) is 0 Å². The predicted octanol–water partition coefficient (Wildman–Crippen LogP) is 1.92. The van der Waals surface area contributed by atoms with E-state index in [0.717, 1.165) is 13.0 Å². The summed E-state index contributed by atoms with van der Waals surface area (Å²) in [5, 5.41) is 0. The molecule has 1 rings (SSSR count). The summed E-state index contributed by atoms with van der Waals surface area (Å²) in [6.45, 7) is 7.74. The molecule has 1 saturated heterocycles. The molecule has 15 heavy (non-hydrogen) atoms. The summed E-state index contributed by atoms with van der Waals surface area (Å²) in [6.07, 6.45) is 3.44. The van der Waals surface area contributed by atoms with E-state index in [-0.39, 0.29) is 11.9 Å². The molecule has 2 unspecified atom stereocenters. The second-order valence-electron chi connectivity index (χ2n) is 4.62. The molecule has 1 heterocycles. The largest absolute Gasteiger partial charge is 0.469 e. The number of ether oxygens (including phenoxy) is 1. The molecule has 1 aliphatic heterocycles. The normalized spacial score (nSPS) is 24.1. The Labute approximate surface area is 92.8 Å². The van der Waals surface area contributed by atoms with Gasteiger partial charge < -0.3 is 9.64 Å². The van der Waals surface area contributed by atoms with Crippen molar-refractivity contribution in [1.29, 1.82) is 0 Å². The number of carbonyl (C=O) groups excluding carboxylic acids is 1. The lowest BCUT2D eigenvalue weighted by molar-refractivity contribution is -0.145. The molecule has 0 saturated carbocycles. The number of hydrogen-bond donors (Lipinski definition) is 0. The van der Waals surface area contributed by atoms with Crippen LogP contribution in [-0.4, -0.2) is 37.6 Å². The monoisotopic (exact) mass is 213 g/mol. The third-order valence-electron chi connectivity index (χ3n) is 3.20. The van der Waals surface area contributed by atoms with Gasteiger partial charge in [0.25, 0.3) is 0 Å². The minimum atomic E-state index is -0.0658. The van der Waals surface area contributed by atoms with Gasteiger partial charge in [-0.1, -0.05) is 13.8 Å².